The van der Waals surface area contributed by atoms with E-state index < -0.39 is 0 Å². The minimum absolute atomic E-state index is 0. The Balaban J connectivity index is 0.000000138. The number of allylic oxidation sites excluding steroid dienone is 12. The van der Waals surface area contributed by atoms with Gasteiger partial charge in [-0.1, -0.05) is 309 Å². The van der Waals surface area contributed by atoms with Crippen molar-refractivity contribution in [3.05, 3.63) is 359 Å². The summed E-state index contributed by atoms with van der Waals surface area (Å²) in [5.41, 5.74) is 17.8. The van der Waals surface area contributed by atoms with Gasteiger partial charge >= 0.3 is 0 Å². The van der Waals surface area contributed by atoms with Crippen molar-refractivity contribution < 1.29 is 57.3 Å². The normalized spacial score (nSPS) is 19.5. The van der Waals surface area contributed by atoms with Crippen LogP contribution >= 0.6 is 143 Å². The molecule has 0 spiro atoms. The van der Waals surface area contributed by atoms with Gasteiger partial charge in [-0.2, -0.15) is 4.57 Å². The van der Waals surface area contributed by atoms with Crippen molar-refractivity contribution in [2.24, 2.45) is 7.05 Å². The summed E-state index contributed by atoms with van der Waals surface area (Å²) in [6, 6.07) is 71.0. The van der Waals surface area contributed by atoms with Crippen LogP contribution in [0.4, 0.5) is 39.8 Å². The zero-order valence-electron chi connectivity index (χ0n) is 83.7. The predicted octanol–water partition coefficient (Wildman–Crippen LogP) is 22.5. The molecule has 9 aromatic rings. The van der Waals surface area contributed by atoms with Crippen molar-refractivity contribution in [3.8, 4) is 5.75 Å². The second kappa shape index (κ2) is 49.7. The van der Waals surface area contributed by atoms with Crippen molar-refractivity contribution in [1.29, 1.82) is 0 Å². The number of thioether (sulfide) groups is 6. The summed E-state index contributed by atoms with van der Waals surface area (Å²) < 4.78 is 12.7. The molecule has 5 saturated heterocycles. The van der Waals surface area contributed by atoms with E-state index >= 15 is 0 Å². The maximum Gasteiger partial charge on any atom is 0.267 e. The molecule has 0 unspecified atom stereocenters. The van der Waals surface area contributed by atoms with E-state index in [0.717, 1.165) is 83.8 Å². The number of anilines is 7. The molecule has 0 aliphatic carbocycles. The van der Waals surface area contributed by atoms with Crippen molar-refractivity contribution >= 4 is 267 Å². The van der Waals surface area contributed by atoms with E-state index in [1.54, 1.807) is 47.6 Å². The van der Waals surface area contributed by atoms with Crippen LogP contribution in [0.2, 0.25) is 0 Å². The Morgan fingerprint density at radius 3 is 1.18 bits per heavy atom. The molecule has 145 heavy (non-hydrogen) atoms. The summed E-state index contributed by atoms with van der Waals surface area (Å²) in [4.78, 5) is 92.3. The Morgan fingerprint density at radius 2 is 0.724 bits per heavy atom. The van der Waals surface area contributed by atoms with Crippen LogP contribution in [-0.4, -0.2) is 167 Å². The standard InChI is InChI=1S/C24H22N2OS3.C18H21N3OS2.C18H20N2OS2.C18H18N2OS2.C18H17N2OS.C16H17N3OS2.HI/c1-3-25-20(16-15-19-23(27)26(4-2)24(28)29-19)30-22(18-13-9-6-10-14-18)21(25)17-11-7-5-8-12-17;1-4-19-13-9-7-8-10-14(13)20(5-2)16(19)12-11-15-17(22)21(6-3)18(23)24-15;1-5-20-16(21)14(23-17(20)22)10-11-15-18(2,3)12-8-6-7-9-13(12)19(15)4;1-3-19-14(10-9-13-7-5-6-8-15(13)19)11-12-16-17(21)20(4-2)18(22)23-16;1-3-20-13-8-4-6-10-15(13)21-17(20)12-18-19(2)14-9-5-7-11-16(14)22-18;1-4-19-15(20)13(22-16(19)21)9-10-14-17(2)11-7-5-6-8-12(11)18(14)3;/h5-16H,3-4H2,1-2H3;7-12H,4-6H2,1-3H3;6-11H,5H2,1-4H3;5-12H,3-4H2,1-2H3;4-12H,3H2,1-2H3;5-10H,4H2,1-3H3;1H/q;;;;+1;;/p-1/b19-15+,20-16-;15-11+;14-10+,15-11+;14-11+,16-12+;;13-9+;. The van der Waals surface area contributed by atoms with Gasteiger partial charge in [0.2, 0.25) is 11.4 Å². The van der Waals surface area contributed by atoms with Crippen LogP contribution in [0, 0.1) is 0 Å². The zero-order chi connectivity index (χ0) is 102. The number of nitrogens with zero attached hydrogens (tertiary/aromatic N) is 14. The Hall–Kier alpha value is -10.9. The van der Waals surface area contributed by atoms with Gasteiger partial charge in [-0.15, -0.1) is 0 Å². The molecular weight excluding hydrogens is 2150 g/mol. The molecule has 0 bridgehead atoms. The number of fused-ring (bicyclic) bond motifs is 6. The lowest BCUT2D eigenvalue weighted by atomic mass is 9.84. The highest BCUT2D eigenvalue weighted by atomic mass is 127. The topological polar surface area (TPSA) is 141 Å². The third kappa shape index (κ3) is 23.3. The molecule has 12 heterocycles. The number of amides is 5. The van der Waals surface area contributed by atoms with Gasteiger partial charge in [-0.3, -0.25) is 48.5 Å². The highest BCUT2D eigenvalue weighted by molar-refractivity contribution is 8.28. The number of rotatable bonds is 18. The fourth-order valence-electron chi connectivity index (χ4n) is 18.0. The molecule has 1 aromatic heterocycles. The Morgan fingerprint density at radius 1 is 0.345 bits per heavy atom. The summed E-state index contributed by atoms with van der Waals surface area (Å²) in [6.07, 6.45) is 25.9. The largest absolute Gasteiger partial charge is 1.00 e. The maximum atomic E-state index is 12.6. The average Bonchev–Trinajstić information content (AvgIpc) is 1.59. The van der Waals surface area contributed by atoms with Crippen LogP contribution in [0.25, 0.3) is 33.0 Å². The van der Waals surface area contributed by atoms with Gasteiger partial charge in [0.05, 0.1) is 69.8 Å². The number of ether oxygens (including phenoxy) is 1. The summed E-state index contributed by atoms with van der Waals surface area (Å²) in [5.74, 6) is 3.96. The molecule has 11 aliphatic rings. The van der Waals surface area contributed by atoms with Crippen molar-refractivity contribution in [3.63, 3.8) is 0 Å². The first-order chi connectivity index (χ1) is 69.6. The average molecular weight is 2260 g/mol. The number of carbonyl (C=O) groups excluding carboxylic acids is 5. The number of hydrogen-bond acceptors (Lipinski definition) is 26. The van der Waals surface area contributed by atoms with Crippen molar-refractivity contribution in [1.82, 2.24) is 29.4 Å². The van der Waals surface area contributed by atoms with Crippen LogP contribution in [0.15, 0.2) is 332 Å². The van der Waals surface area contributed by atoms with Crippen molar-refractivity contribution in [2.45, 2.75) is 88.5 Å². The highest BCUT2D eigenvalue weighted by Gasteiger charge is 2.41. The van der Waals surface area contributed by atoms with Crippen molar-refractivity contribution in [2.75, 3.05) is 121 Å². The maximum absolute atomic E-state index is 12.6. The lowest BCUT2D eigenvalue weighted by Gasteiger charge is -2.29. The fraction of sp³-hybridized carbons (Fsp3) is 0.241. The lowest BCUT2D eigenvalue weighted by Crippen LogP contribution is -3.00. The first-order valence-corrected chi connectivity index (χ1v) is 55.7. The fourth-order valence-corrected chi connectivity index (χ4v) is 27.0. The second-order valence-corrected chi connectivity index (χ2v) is 44.4. The summed E-state index contributed by atoms with van der Waals surface area (Å²) in [7, 11) is 8.23. The number of hydrogen-bond donors (Lipinski definition) is 0. The van der Waals surface area contributed by atoms with Gasteiger partial charge in [-0.25, -0.2) is 0 Å². The van der Waals surface area contributed by atoms with Crippen LogP contribution < -0.4 is 67.6 Å². The van der Waals surface area contributed by atoms with E-state index in [2.05, 4.69) is 288 Å². The molecule has 8 aromatic carbocycles. The number of carbonyl (C=O) groups is 5. The number of thiocarbonyl (C=S) groups is 5. The number of aryl methyl sites for hydroxylation is 1. The molecule has 33 heteroatoms. The summed E-state index contributed by atoms with van der Waals surface area (Å²) in [6.45, 7) is 32.3. The number of aromatic nitrogens is 1. The van der Waals surface area contributed by atoms with E-state index in [0.29, 0.717) is 78.9 Å². The first-order valence-electron chi connectivity index (χ1n) is 47.9. The van der Waals surface area contributed by atoms with Gasteiger partial charge in [-0.05, 0) is 213 Å². The summed E-state index contributed by atoms with van der Waals surface area (Å²) >= 11 is 36.8. The minimum atomic E-state index is -0.0837. The van der Waals surface area contributed by atoms with E-state index in [-0.39, 0.29) is 58.9 Å². The number of likely N-dealkylation sites (N-methyl/N-ethyl adjacent to an activating group) is 7. The molecule has 20 rings (SSSR count). The van der Waals surface area contributed by atoms with Crippen LogP contribution in [-0.2, 0) is 36.4 Å². The Labute approximate surface area is 925 Å². The van der Waals surface area contributed by atoms with Gasteiger partial charge < -0.3 is 67.9 Å². The third-order valence-corrected chi connectivity index (χ3v) is 34.7. The molecule has 11 aliphatic heterocycles. The smallest absolute Gasteiger partial charge is 0.267 e. The minimum Gasteiger partial charge on any atom is -1.00 e. The molecule has 0 N–H and O–H groups in total. The molecule has 5 amide bonds. The lowest BCUT2D eigenvalue weighted by molar-refractivity contribution is -0.642. The number of benzene rings is 8. The SMILES string of the molecule is CCN1C(=Cc2sc3ccccc3[n+]2C)Oc2ccccc21.CCN1C(=O)/C(=C\C=C2/C=Cc3ccccc3N2CC)SC1=S.CCN1C(=O)/C(=C\C=C2/SC(c3ccccc3)=C(c3ccccc3)N2CC)SC1=S.CCN1C(=O)/C(=C\C=C2N(C)c3ccccc3N2C)SC1=S.CCN1C(=O)/C(=C\C=C2N(CC)c3ccccc3N2CC)SC1=S.CCN1C(=O)/C(=C\C=C2\N(C)c3ccccc3C2(C)C)SC1=S.[I-]. The number of thiazole rings is 1. The van der Waals surface area contributed by atoms with E-state index in [4.69, 9.17) is 65.8 Å². The molecular formula is C112H115IN14O6S12. The van der Waals surface area contributed by atoms with Crippen LogP contribution in [0.5, 0.6) is 5.75 Å². The van der Waals surface area contributed by atoms with Crippen LogP contribution in [0.3, 0.4) is 0 Å². The third-order valence-electron chi connectivity index (χ3n) is 25.4. The molecule has 5 fully saturated rings. The highest BCUT2D eigenvalue weighted by Crippen LogP contribution is 2.53. The Kier molecular flexibility index (Phi) is 37.7. The molecule has 0 radical (unpaired) electrons. The molecule has 0 atom stereocenters. The number of halogens is 1. The molecule has 0 saturated carbocycles. The zero-order valence-corrected chi connectivity index (χ0v) is 95.6. The Bertz CT molecular complexity index is 6950. The van der Waals surface area contributed by atoms with Crippen LogP contribution in [0.1, 0.15) is 110 Å². The summed E-state index contributed by atoms with van der Waals surface area (Å²) in [5, 5.41) is 2.29. The van der Waals surface area contributed by atoms with Gasteiger partial charge in [0.15, 0.2) is 5.75 Å². The molecule has 748 valence electrons. The monoisotopic (exact) mass is 2260 g/mol. The predicted molar refractivity (Wildman–Crippen MR) is 632 cm³/mol. The number of para-hydroxylation sites is 9. The quantitative estimate of drug-likeness (QED) is 0.0348. The van der Waals surface area contributed by atoms with Gasteiger partial charge in [0.25, 0.3) is 34.5 Å². The molecule has 20 nitrogen and oxygen atoms in total. The van der Waals surface area contributed by atoms with E-state index in [1.165, 1.54) is 135 Å². The van der Waals surface area contributed by atoms with Gasteiger partial charge in [0, 0.05) is 126 Å². The second-order valence-electron chi connectivity index (χ2n) is 33.9. The van der Waals surface area contributed by atoms with Gasteiger partial charge in [0.1, 0.15) is 45.0 Å². The van der Waals surface area contributed by atoms with E-state index in [1.807, 2.05) is 152 Å². The first kappa shape index (κ1) is 110. The van der Waals surface area contributed by atoms with E-state index in [9.17, 15) is 24.0 Å².